The molecule has 1 unspecified atom stereocenters. The van der Waals surface area contributed by atoms with Crippen LogP contribution in [0.5, 0.6) is 5.75 Å². The summed E-state index contributed by atoms with van der Waals surface area (Å²) in [4.78, 5) is 41.7. The minimum absolute atomic E-state index is 0.252. The Morgan fingerprint density at radius 1 is 1.11 bits per heavy atom. The summed E-state index contributed by atoms with van der Waals surface area (Å²) in [7, 11) is 1.51. The second-order valence-corrected chi connectivity index (χ2v) is 8.68. The molecule has 1 amide bonds. The van der Waals surface area contributed by atoms with Crippen molar-refractivity contribution in [3.8, 4) is 16.9 Å². The summed E-state index contributed by atoms with van der Waals surface area (Å²) in [5.74, 6) is 0.0261. The maximum absolute atomic E-state index is 13.5. The standard InChI is InChI=1S/C28H24ClN3O4/c1-18-8-9-20(29)13-23(18)24-14-27(34)32(16-26(24)36-2)25(12-19-6-4-3-5-7-19)28(35)31-21-10-11-22(17-33)30-15-21/h3-11,13-17,25H,12H2,1-2H3,(H,31,35). The normalized spacial score (nSPS) is 11.5. The number of amides is 1. The van der Waals surface area contributed by atoms with Crippen LogP contribution in [0.2, 0.25) is 5.02 Å². The minimum atomic E-state index is -0.881. The molecular formula is C28H24ClN3O4. The van der Waals surface area contributed by atoms with E-state index in [0.717, 1.165) is 16.7 Å². The maximum Gasteiger partial charge on any atom is 0.252 e. The number of benzene rings is 2. The first kappa shape index (κ1) is 24.9. The van der Waals surface area contributed by atoms with Crippen LogP contribution in [-0.2, 0) is 11.2 Å². The highest BCUT2D eigenvalue weighted by molar-refractivity contribution is 6.30. The van der Waals surface area contributed by atoms with Gasteiger partial charge in [0, 0.05) is 23.1 Å². The topological polar surface area (TPSA) is 90.3 Å². The van der Waals surface area contributed by atoms with Crippen LogP contribution < -0.4 is 15.6 Å². The molecule has 182 valence electrons. The van der Waals surface area contributed by atoms with E-state index in [1.165, 1.54) is 30.0 Å². The predicted octanol–water partition coefficient (Wildman–Crippen LogP) is 5.12. The van der Waals surface area contributed by atoms with Crippen molar-refractivity contribution in [2.45, 2.75) is 19.4 Å². The third kappa shape index (κ3) is 5.53. The van der Waals surface area contributed by atoms with E-state index in [-0.39, 0.29) is 17.7 Å². The summed E-state index contributed by atoms with van der Waals surface area (Å²) < 4.78 is 7.01. The van der Waals surface area contributed by atoms with Crippen molar-refractivity contribution in [2.75, 3.05) is 12.4 Å². The molecule has 0 aliphatic carbocycles. The van der Waals surface area contributed by atoms with E-state index in [9.17, 15) is 14.4 Å². The summed E-state index contributed by atoms with van der Waals surface area (Å²) in [5, 5.41) is 3.34. The minimum Gasteiger partial charge on any atom is -0.495 e. The molecule has 7 nitrogen and oxygen atoms in total. The number of methoxy groups -OCH3 is 1. The number of ether oxygens (including phenoxy) is 1. The van der Waals surface area contributed by atoms with E-state index in [2.05, 4.69) is 10.3 Å². The zero-order valence-corrected chi connectivity index (χ0v) is 20.5. The van der Waals surface area contributed by atoms with Gasteiger partial charge in [0.1, 0.15) is 17.5 Å². The molecule has 0 spiro atoms. The van der Waals surface area contributed by atoms with Crippen molar-refractivity contribution in [1.29, 1.82) is 0 Å². The number of aldehydes is 1. The highest BCUT2D eigenvalue weighted by Crippen LogP contribution is 2.33. The molecule has 36 heavy (non-hydrogen) atoms. The number of aromatic nitrogens is 2. The molecule has 0 bridgehead atoms. The molecule has 2 heterocycles. The predicted molar refractivity (Wildman–Crippen MR) is 140 cm³/mol. The second-order valence-electron chi connectivity index (χ2n) is 8.24. The summed E-state index contributed by atoms with van der Waals surface area (Å²) in [6.45, 7) is 1.92. The summed E-state index contributed by atoms with van der Waals surface area (Å²) >= 11 is 6.21. The average molecular weight is 502 g/mol. The van der Waals surface area contributed by atoms with Crippen molar-refractivity contribution < 1.29 is 14.3 Å². The maximum atomic E-state index is 13.5. The van der Waals surface area contributed by atoms with E-state index >= 15 is 0 Å². The van der Waals surface area contributed by atoms with Crippen LogP contribution in [0.3, 0.4) is 0 Å². The Morgan fingerprint density at radius 2 is 1.89 bits per heavy atom. The van der Waals surface area contributed by atoms with E-state index < -0.39 is 11.9 Å². The Morgan fingerprint density at radius 3 is 2.56 bits per heavy atom. The van der Waals surface area contributed by atoms with Gasteiger partial charge in [0.05, 0.1) is 25.2 Å². The Kier molecular flexibility index (Phi) is 7.61. The molecule has 2 aromatic heterocycles. The number of hydrogen-bond acceptors (Lipinski definition) is 5. The van der Waals surface area contributed by atoms with Crippen molar-refractivity contribution >= 4 is 29.5 Å². The number of nitrogens with one attached hydrogen (secondary N) is 1. The molecule has 0 aliphatic heterocycles. The fraction of sp³-hybridized carbons (Fsp3) is 0.143. The van der Waals surface area contributed by atoms with Crippen LogP contribution in [0.15, 0.2) is 83.9 Å². The molecule has 8 heteroatoms. The molecule has 0 saturated carbocycles. The van der Waals surface area contributed by atoms with Gasteiger partial charge >= 0.3 is 0 Å². The number of carbonyl (C=O) groups excluding carboxylic acids is 2. The summed E-state index contributed by atoms with van der Waals surface area (Å²) in [6, 6.07) is 18.5. The van der Waals surface area contributed by atoms with Gasteiger partial charge in [0.25, 0.3) is 5.56 Å². The number of aryl methyl sites for hydroxylation is 1. The van der Waals surface area contributed by atoms with Gasteiger partial charge in [0.2, 0.25) is 5.91 Å². The smallest absolute Gasteiger partial charge is 0.252 e. The summed E-state index contributed by atoms with van der Waals surface area (Å²) in [5.41, 5.74) is 3.47. The molecular weight excluding hydrogens is 478 g/mol. The van der Waals surface area contributed by atoms with E-state index in [1.54, 1.807) is 24.4 Å². The number of halogens is 1. The molecule has 1 N–H and O–H groups in total. The Hall–Kier alpha value is -4.23. The third-order valence-electron chi connectivity index (χ3n) is 5.84. The number of nitrogens with zero attached hydrogens (tertiary/aromatic N) is 2. The van der Waals surface area contributed by atoms with Gasteiger partial charge in [-0.3, -0.25) is 23.9 Å². The number of anilines is 1. The fourth-order valence-electron chi connectivity index (χ4n) is 3.96. The average Bonchev–Trinajstić information content (AvgIpc) is 2.89. The highest BCUT2D eigenvalue weighted by atomic mass is 35.5. The summed E-state index contributed by atoms with van der Waals surface area (Å²) in [6.07, 6.45) is 3.85. The lowest BCUT2D eigenvalue weighted by Crippen LogP contribution is -2.34. The largest absolute Gasteiger partial charge is 0.495 e. The van der Waals surface area contributed by atoms with Gasteiger partial charge in [0.15, 0.2) is 6.29 Å². The van der Waals surface area contributed by atoms with E-state index in [1.807, 2.05) is 43.3 Å². The number of carbonyl (C=O) groups is 2. The number of pyridine rings is 2. The zero-order chi connectivity index (χ0) is 25.7. The van der Waals surface area contributed by atoms with E-state index in [4.69, 9.17) is 16.3 Å². The van der Waals surface area contributed by atoms with Crippen LogP contribution in [-0.4, -0.2) is 28.9 Å². The van der Waals surface area contributed by atoms with Crippen molar-refractivity contribution in [2.24, 2.45) is 0 Å². The van der Waals surface area contributed by atoms with Crippen LogP contribution in [0.4, 0.5) is 5.69 Å². The molecule has 4 aromatic rings. The first-order valence-electron chi connectivity index (χ1n) is 11.2. The van der Waals surface area contributed by atoms with Gasteiger partial charge in [-0.05, 0) is 47.9 Å². The lowest BCUT2D eigenvalue weighted by molar-refractivity contribution is -0.119. The molecule has 0 radical (unpaired) electrons. The van der Waals surface area contributed by atoms with Gasteiger partial charge in [-0.1, -0.05) is 48.0 Å². The Balaban J connectivity index is 1.77. The van der Waals surface area contributed by atoms with Gasteiger partial charge in [-0.25, -0.2) is 0 Å². The monoisotopic (exact) mass is 501 g/mol. The first-order valence-corrected chi connectivity index (χ1v) is 11.6. The quantitative estimate of drug-likeness (QED) is 0.339. The van der Waals surface area contributed by atoms with Crippen LogP contribution >= 0.6 is 11.6 Å². The highest BCUT2D eigenvalue weighted by Gasteiger charge is 2.24. The Bertz CT molecular complexity index is 1450. The molecule has 0 fully saturated rings. The first-order chi connectivity index (χ1) is 17.4. The third-order valence-corrected chi connectivity index (χ3v) is 6.07. The van der Waals surface area contributed by atoms with Gasteiger partial charge < -0.3 is 10.1 Å². The molecule has 0 saturated heterocycles. The van der Waals surface area contributed by atoms with Gasteiger partial charge in [-0.2, -0.15) is 0 Å². The van der Waals surface area contributed by atoms with Crippen LogP contribution in [0.25, 0.3) is 11.1 Å². The molecule has 2 aromatic carbocycles. The van der Waals surface area contributed by atoms with Crippen molar-refractivity contribution in [1.82, 2.24) is 9.55 Å². The molecule has 4 rings (SSSR count). The second kappa shape index (κ2) is 11.0. The van der Waals surface area contributed by atoms with Crippen LogP contribution in [0, 0.1) is 6.92 Å². The number of rotatable bonds is 8. The number of hydrogen-bond donors (Lipinski definition) is 1. The molecule has 1 atom stereocenters. The Labute approximate surface area is 213 Å². The fourth-order valence-corrected chi connectivity index (χ4v) is 4.13. The lowest BCUT2D eigenvalue weighted by atomic mass is 10.00. The van der Waals surface area contributed by atoms with Crippen LogP contribution in [0.1, 0.15) is 27.7 Å². The lowest BCUT2D eigenvalue weighted by Gasteiger charge is -2.22. The van der Waals surface area contributed by atoms with E-state index in [0.29, 0.717) is 28.3 Å². The SMILES string of the molecule is COc1cn(C(Cc2ccccc2)C(=O)Nc2ccc(C=O)nc2)c(=O)cc1-c1cc(Cl)ccc1C. The van der Waals surface area contributed by atoms with Gasteiger partial charge in [-0.15, -0.1) is 0 Å². The zero-order valence-electron chi connectivity index (χ0n) is 19.8. The van der Waals surface area contributed by atoms with Crippen molar-refractivity contribution in [3.05, 3.63) is 111 Å². The molecule has 0 aliphatic rings. The van der Waals surface area contributed by atoms with Crippen molar-refractivity contribution in [3.63, 3.8) is 0 Å².